The molecule has 4 nitrogen and oxygen atoms in total. The molecule has 0 amide bonds. The van der Waals surface area contributed by atoms with E-state index in [0.29, 0.717) is 5.82 Å². The Bertz CT molecular complexity index is 567. The third kappa shape index (κ3) is 2.40. The van der Waals surface area contributed by atoms with Gasteiger partial charge in [0, 0.05) is 5.56 Å². The van der Waals surface area contributed by atoms with Gasteiger partial charge in [0.15, 0.2) is 12.0 Å². The van der Waals surface area contributed by atoms with Crippen molar-refractivity contribution in [1.29, 1.82) is 5.26 Å². The summed E-state index contributed by atoms with van der Waals surface area (Å²) in [6.07, 6.45) is 1.81. The van der Waals surface area contributed by atoms with Crippen LogP contribution in [0.2, 0.25) is 0 Å². The molecule has 2 rings (SSSR count). The zero-order chi connectivity index (χ0) is 12.3. The Kier molecular flexibility index (Phi) is 3.01. The molecule has 1 aromatic carbocycles. The molecule has 0 spiro atoms. The van der Waals surface area contributed by atoms with Crippen LogP contribution in [-0.2, 0) is 0 Å². The predicted octanol–water partition coefficient (Wildman–Crippen LogP) is 2.65. The van der Waals surface area contributed by atoms with Gasteiger partial charge < -0.3 is 0 Å². The summed E-state index contributed by atoms with van der Waals surface area (Å²) in [7, 11) is 0. The molecule has 0 aliphatic carbocycles. The molecule has 0 bridgehead atoms. The quantitative estimate of drug-likeness (QED) is 0.629. The maximum absolute atomic E-state index is 8.44. The second kappa shape index (κ2) is 4.62. The number of hydrogen-bond acceptors (Lipinski definition) is 4. The molecule has 1 aromatic heterocycles. The first kappa shape index (κ1) is 11.1. The topological polar surface area (TPSA) is 61.6 Å². The van der Waals surface area contributed by atoms with Crippen LogP contribution in [0.4, 0.5) is 5.82 Å². The SMILES string of the molecule is Cc1ccc(-c2ccc(NC#N)nn2)cc1C. The second-order valence-electron chi connectivity index (χ2n) is 3.84. The highest BCUT2D eigenvalue weighted by Crippen LogP contribution is 2.20. The van der Waals surface area contributed by atoms with Crippen LogP contribution in [0, 0.1) is 25.3 Å². The number of anilines is 1. The maximum atomic E-state index is 8.44. The summed E-state index contributed by atoms with van der Waals surface area (Å²) in [6, 6.07) is 9.74. The van der Waals surface area contributed by atoms with Gasteiger partial charge >= 0.3 is 0 Å². The lowest BCUT2D eigenvalue weighted by molar-refractivity contribution is 1.04. The van der Waals surface area contributed by atoms with Gasteiger partial charge in [-0.05, 0) is 43.2 Å². The molecular formula is C13H12N4. The number of aromatic nitrogens is 2. The van der Waals surface area contributed by atoms with Crippen LogP contribution >= 0.6 is 0 Å². The number of nitrogens with one attached hydrogen (secondary N) is 1. The maximum Gasteiger partial charge on any atom is 0.182 e. The Morgan fingerprint density at radius 3 is 2.47 bits per heavy atom. The van der Waals surface area contributed by atoms with Crippen LogP contribution < -0.4 is 5.32 Å². The lowest BCUT2D eigenvalue weighted by Crippen LogP contribution is -1.95. The van der Waals surface area contributed by atoms with Gasteiger partial charge in [-0.25, -0.2) is 0 Å². The summed E-state index contributed by atoms with van der Waals surface area (Å²) < 4.78 is 0. The zero-order valence-corrected chi connectivity index (χ0v) is 9.73. The minimum atomic E-state index is 0.458. The Morgan fingerprint density at radius 2 is 1.88 bits per heavy atom. The molecule has 0 unspecified atom stereocenters. The summed E-state index contributed by atoms with van der Waals surface area (Å²) in [6.45, 7) is 4.14. The first-order chi connectivity index (χ1) is 8.20. The first-order valence-electron chi connectivity index (χ1n) is 5.27. The number of nitrogens with zero attached hydrogens (tertiary/aromatic N) is 3. The average molecular weight is 224 g/mol. The van der Waals surface area contributed by atoms with Crippen molar-refractivity contribution in [1.82, 2.24) is 10.2 Å². The van der Waals surface area contributed by atoms with Crippen molar-refractivity contribution in [3.63, 3.8) is 0 Å². The number of rotatable bonds is 2. The number of nitriles is 1. The summed E-state index contributed by atoms with van der Waals surface area (Å²) in [5.74, 6) is 0.458. The van der Waals surface area contributed by atoms with Crippen LogP contribution in [0.3, 0.4) is 0 Å². The van der Waals surface area contributed by atoms with Crippen molar-refractivity contribution in [2.45, 2.75) is 13.8 Å². The van der Waals surface area contributed by atoms with Crippen molar-refractivity contribution < 1.29 is 0 Å². The Balaban J connectivity index is 2.33. The molecular weight excluding hydrogens is 212 g/mol. The lowest BCUT2D eigenvalue weighted by Gasteiger charge is -2.04. The van der Waals surface area contributed by atoms with Gasteiger partial charge in [0.05, 0.1) is 5.69 Å². The van der Waals surface area contributed by atoms with Crippen molar-refractivity contribution in [2.24, 2.45) is 0 Å². The van der Waals surface area contributed by atoms with Crippen molar-refractivity contribution in [3.8, 4) is 17.5 Å². The zero-order valence-electron chi connectivity index (χ0n) is 9.73. The summed E-state index contributed by atoms with van der Waals surface area (Å²) in [4.78, 5) is 0. The molecule has 0 aliphatic rings. The summed E-state index contributed by atoms with van der Waals surface area (Å²) in [5, 5.41) is 18.9. The Morgan fingerprint density at radius 1 is 1.06 bits per heavy atom. The summed E-state index contributed by atoms with van der Waals surface area (Å²) in [5.41, 5.74) is 4.31. The molecule has 0 fully saturated rings. The van der Waals surface area contributed by atoms with E-state index in [-0.39, 0.29) is 0 Å². The van der Waals surface area contributed by atoms with Crippen LogP contribution in [0.15, 0.2) is 30.3 Å². The van der Waals surface area contributed by atoms with Gasteiger partial charge in [-0.1, -0.05) is 12.1 Å². The van der Waals surface area contributed by atoms with Gasteiger partial charge in [0.1, 0.15) is 0 Å². The molecule has 1 N–H and O–H groups in total. The molecule has 17 heavy (non-hydrogen) atoms. The number of hydrogen-bond donors (Lipinski definition) is 1. The van der Waals surface area contributed by atoms with Crippen LogP contribution in [-0.4, -0.2) is 10.2 Å². The normalized spacial score (nSPS) is 9.71. The molecule has 0 radical (unpaired) electrons. The molecule has 0 saturated heterocycles. The van der Waals surface area contributed by atoms with E-state index < -0.39 is 0 Å². The number of benzene rings is 1. The van der Waals surface area contributed by atoms with Gasteiger partial charge in [-0.2, -0.15) is 5.26 Å². The first-order valence-corrected chi connectivity index (χ1v) is 5.27. The Labute approximate surface area is 99.9 Å². The molecule has 2 aromatic rings. The van der Waals surface area contributed by atoms with E-state index in [1.54, 1.807) is 6.07 Å². The largest absolute Gasteiger partial charge is 0.275 e. The van der Waals surface area contributed by atoms with Gasteiger partial charge in [0.2, 0.25) is 0 Å². The fourth-order valence-corrected chi connectivity index (χ4v) is 1.51. The van der Waals surface area contributed by atoms with Crippen molar-refractivity contribution in [3.05, 3.63) is 41.5 Å². The molecule has 0 aliphatic heterocycles. The highest BCUT2D eigenvalue weighted by molar-refractivity contribution is 5.61. The lowest BCUT2D eigenvalue weighted by atomic mass is 10.0. The van der Waals surface area contributed by atoms with E-state index in [1.807, 2.05) is 18.3 Å². The highest BCUT2D eigenvalue weighted by atomic mass is 15.2. The van der Waals surface area contributed by atoms with E-state index in [9.17, 15) is 0 Å². The van der Waals surface area contributed by atoms with Gasteiger partial charge in [-0.15, -0.1) is 10.2 Å². The molecule has 84 valence electrons. The fourth-order valence-electron chi connectivity index (χ4n) is 1.51. The van der Waals surface area contributed by atoms with Crippen LogP contribution in [0.25, 0.3) is 11.3 Å². The minimum Gasteiger partial charge on any atom is -0.275 e. The second-order valence-corrected chi connectivity index (χ2v) is 3.84. The number of aryl methyl sites for hydroxylation is 2. The summed E-state index contributed by atoms with van der Waals surface area (Å²) >= 11 is 0. The third-order valence-electron chi connectivity index (χ3n) is 2.65. The van der Waals surface area contributed by atoms with Gasteiger partial charge in [-0.3, -0.25) is 5.32 Å². The third-order valence-corrected chi connectivity index (χ3v) is 2.65. The fraction of sp³-hybridized carbons (Fsp3) is 0.154. The molecule has 0 atom stereocenters. The molecule has 0 saturated carbocycles. The Hall–Kier alpha value is -2.41. The van der Waals surface area contributed by atoms with Crippen molar-refractivity contribution in [2.75, 3.05) is 5.32 Å². The van der Waals surface area contributed by atoms with E-state index in [1.165, 1.54) is 11.1 Å². The minimum absolute atomic E-state index is 0.458. The molecule has 4 heteroatoms. The smallest absolute Gasteiger partial charge is 0.182 e. The average Bonchev–Trinajstić information content (AvgIpc) is 2.34. The highest BCUT2D eigenvalue weighted by Gasteiger charge is 2.02. The van der Waals surface area contributed by atoms with E-state index in [4.69, 9.17) is 5.26 Å². The predicted molar refractivity (Wildman–Crippen MR) is 66.2 cm³/mol. The monoisotopic (exact) mass is 224 g/mol. The standard InChI is InChI=1S/C13H12N4/c1-9-3-4-11(7-10(9)2)12-5-6-13(15-8-14)17-16-12/h3-7H,1-2H3,(H,15,17). The van der Waals surface area contributed by atoms with E-state index >= 15 is 0 Å². The van der Waals surface area contributed by atoms with Crippen LogP contribution in [0.1, 0.15) is 11.1 Å². The van der Waals surface area contributed by atoms with Crippen LogP contribution in [0.5, 0.6) is 0 Å². The van der Waals surface area contributed by atoms with Crippen molar-refractivity contribution >= 4 is 5.82 Å². The van der Waals surface area contributed by atoms with E-state index in [0.717, 1.165) is 11.3 Å². The van der Waals surface area contributed by atoms with Gasteiger partial charge in [0.25, 0.3) is 0 Å². The van der Waals surface area contributed by atoms with E-state index in [2.05, 4.69) is 41.5 Å². The molecule has 1 heterocycles.